The molecule has 9 heteroatoms. The van der Waals surface area contributed by atoms with E-state index >= 15 is 0 Å². The van der Waals surface area contributed by atoms with Gasteiger partial charge in [0.05, 0.1) is 12.7 Å². The molecule has 0 radical (unpaired) electrons. The zero-order valence-electron chi connectivity index (χ0n) is 15.9. The molecule has 1 amide bonds. The van der Waals surface area contributed by atoms with Gasteiger partial charge in [0.1, 0.15) is 10.6 Å². The summed E-state index contributed by atoms with van der Waals surface area (Å²) in [6, 6.07) is 4.05. The number of benzene rings is 1. The number of sulfonamides is 1. The minimum absolute atomic E-state index is 0.0191. The minimum Gasteiger partial charge on any atom is -0.495 e. The van der Waals surface area contributed by atoms with E-state index in [0.717, 1.165) is 19.3 Å². The van der Waals surface area contributed by atoms with Crippen molar-refractivity contribution in [3.05, 3.63) is 23.8 Å². The highest BCUT2D eigenvalue weighted by Crippen LogP contribution is 2.30. The SMILES string of the molecule is CC[C@H](C)NC(=O)COC(=O)c1ccc(OC)c(S(=O)(=O)N2CCCC2)c1. The van der Waals surface area contributed by atoms with E-state index in [1.165, 1.54) is 29.6 Å². The Bertz CT molecular complexity index is 787. The van der Waals surface area contributed by atoms with Gasteiger partial charge in [-0.05, 0) is 44.4 Å². The van der Waals surface area contributed by atoms with Gasteiger partial charge in [-0.3, -0.25) is 4.79 Å². The molecule has 0 bridgehead atoms. The Morgan fingerprint density at radius 2 is 1.93 bits per heavy atom. The molecule has 8 nitrogen and oxygen atoms in total. The van der Waals surface area contributed by atoms with Crippen LogP contribution in [0.25, 0.3) is 0 Å². The summed E-state index contributed by atoms with van der Waals surface area (Å²) in [5.74, 6) is -1.01. The summed E-state index contributed by atoms with van der Waals surface area (Å²) >= 11 is 0. The van der Waals surface area contributed by atoms with E-state index in [0.29, 0.717) is 13.1 Å². The molecular formula is C18H26N2O6S. The molecule has 0 spiro atoms. The second-order valence-electron chi connectivity index (χ2n) is 6.43. The summed E-state index contributed by atoms with van der Waals surface area (Å²) in [6.07, 6.45) is 2.36. The fraction of sp³-hybridized carbons (Fsp3) is 0.556. The predicted octanol–water partition coefficient (Wildman–Crippen LogP) is 1.55. The number of ether oxygens (including phenoxy) is 2. The number of carbonyl (C=O) groups excluding carboxylic acids is 2. The van der Waals surface area contributed by atoms with E-state index < -0.39 is 28.5 Å². The average Bonchev–Trinajstić information content (AvgIpc) is 3.21. The molecule has 1 aromatic carbocycles. The standard InChI is InChI=1S/C18H26N2O6S/c1-4-13(2)19-17(21)12-26-18(22)14-7-8-15(25-3)16(11-14)27(23,24)20-9-5-6-10-20/h7-8,11,13H,4-6,9-10,12H2,1-3H3,(H,19,21)/t13-/m0/s1. The lowest BCUT2D eigenvalue weighted by Crippen LogP contribution is -2.35. The number of nitrogens with zero attached hydrogens (tertiary/aromatic N) is 1. The van der Waals surface area contributed by atoms with E-state index in [1.807, 2.05) is 13.8 Å². The molecule has 1 aliphatic rings. The lowest BCUT2D eigenvalue weighted by molar-refractivity contribution is -0.124. The highest BCUT2D eigenvalue weighted by Gasteiger charge is 2.30. The number of carbonyl (C=O) groups is 2. The maximum Gasteiger partial charge on any atom is 0.338 e. The highest BCUT2D eigenvalue weighted by atomic mass is 32.2. The van der Waals surface area contributed by atoms with Crippen LogP contribution in [-0.4, -0.2) is 57.4 Å². The number of esters is 1. The van der Waals surface area contributed by atoms with Gasteiger partial charge in [-0.1, -0.05) is 6.92 Å². The maximum absolute atomic E-state index is 12.8. The molecule has 1 aliphatic heterocycles. The Hall–Kier alpha value is -2.13. The third kappa shape index (κ3) is 5.20. The van der Waals surface area contributed by atoms with Crippen LogP contribution in [0.5, 0.6) is 5.75 Å². The van der Waals surface area contributed by atoms with E-state index in [2.05, 4.69) is 5.32 Å². The fourth-order valence-corrected chi connectivity index (χ4v) is 4.40. The van der Waals surface area contributed by atoms with Crippen LogP contribution in [-0.2, 0) is 19.6 Å². The van der Waals surface area contributed by atoms with Crippen molar-refractivity contribution in [1.29, 1.82) is 0 Å². The topological polar surface area (TPSA) is 102 Å². The van der Waals surface area contributed by atoms with Crippen molar-refractivity contribution in [2.45, 2.75) is 44.0 Å². The first kappa shape index (κ1) is 21.2. The van der Waals surface area contributed by atoms with Gasteiger partial charge in [0, 0.05) is 19.1 Å². The largest absolute Gasteiger partial charge is 0.495 e. The van der Waals surface area contributed by atoms with Crippen LogP contribution in [0.1, 0.15) is 43.5 Å². The van der Waals surface area contributed by atoms with E-state index in [1.54, 1.807) is 0 Å². The molecule has 0 aliphatic carbocycles. The highest BCUT2D eigenvalue weighted by molar-refractivity contribution is 7.89. The van der Waals surface area contributed by atoms with Gasteiger partial charge in [-0.2, -0.15) is 4.31 Å². The monoisotopic (exact) mass is 398 g/mol. The Morgan fingerprint density at radius 3 is 2.52 bits per heavy atom. The molecule has 27 heavy (non-hydrogen) atoms. The molecule has 1 N–H and O–H groups in total. The summed E-state index contributed by atoms with van der Waals surface area (Å²) in [7, 11) is -2.40. The molecule has 1 atom stereocenters. The van der Waals surface area contributed by atoms with Gasteiger partial charge in [0.2, 0.25) is 10.0 Å². The third-order valence-electron chi connectivity index (χ3n) is 4.44. The lowest BCUT2D eigenvalue weighted by Gasteiger charge is -2.18. The summed E-state index contributed by atoms with van der Waals surface area (Å²) in [6.45, 7) is 4.23. The van der Waals surface area contributed by atoms with Crippen LogP contribution in [0, 0.1) is 0 Å². The molecule has 1 heterocycles. The van der Waals surface area contributed by atoms with E-state index in [4.69, 9.17) is 9.47 Å². The second-order valence-corrected chi connectivity index (χ2v) is 8.34. The van der Waals surface area contributed by atoms with Crippen LogP contribution in [0.2, 0.25) is 0 Å². The Labute approximate surface area is 159 Å². The molecule has 1 saturated heterocycles. The number of amides is 1. The molecule has 2 rings (SSSR count). The zero-order valence-corrected chi connectivity index (χ0v) is 16.7. The third-order valence-corrected chi connectivity index (χ3v) is 6.36. The maximum atomic E-state index is 12.8. The van der Waals surface area contributed by atoms with Crippen molar-refractivity contribution in [1.82, 2.24) is 9.62 Å². The van der Waals surface area contributed by atoms with Crippen LogP contribution < -0.4 is 10.1 Å². The lowest BCUT2D eigenvalue weighted by atomic mass is 10.2. The Kier molecular flexibility index (Phi) is 7.20. The van der Waals surface area contributed by atoms with Crippen LogP contribution >= 0.6 is 0 Å². The smallest absolute Gasteiger partial charge is 0.338 e. The summed E-state index contributed by atoms with van der Waals surface area (Å²) in [5, 5.41) is 2.69. The normalized spacial score (nSPS) is 16.0. The number of rotatable bonds is 8. The molecule has 1 fully saturated rings. The number of hydrogen-bond donors (Lipinski definition) is 1. The van der Waals surface area contributed by atoms with Gasteiger partial charge in [-0.15, -0.1) is 0 Å². The second kappa shape index (κ2) is 9.18. The fourth-order valence-electron chi connectivity index (χ4n) is 2.71. The number of hydrogen-bond acceptors (Lipinski definition) is 6. The van der Waals surface area contributed by atoms with Crippen molar-refractivity contribution in [2.24, 2.45) is 0 Å². The summed E-state index contributed by atoms with van der Waals surface area (Å²) < 4.78 is 37.2. The van der Waals surface area contributed by atoms with Crippen molar-refractivity contribution in [3.8, 4) is 5.75 Å². The van der Waals surface area contributed by atoms with Gasteiger partial charge < -0.3 is 14.8 Å². The first-order valence-corrected chi connectivity index (χ1v) is 10.4. The van der Waals surface area contributed by atoms with Gasteiger partial charge in [0.25, 0.3) is 5.91 Å². The van der Waals surface area contributed by atoms with Gasteiger partial charge in [0.15, 0.2) is 6.61 Å². The van der Waals surface area contributed by atoms with Crippen LogP contribution in [0.15, 0.2) is 23.1 Å². The van der Waals surface area contributed by atoms with Gasteiger partial charge >= 0.3 is 5.97 Å². The number of methoxy groups -OCH3 is 1. The zero-order chi connectivity index (χ0) is 20.0. The van der Waals surface area contributed by atoms with Crippen LogP contribution in [0.4, 0.5) is 0 Å². The van der Waals surface area contributed by atoms with Crippen molar-refractivity contribution in [2.75, 3.05) is 26.8 Å². The first-order chi connectivity index (χ1) is 12.8. The molecule has 0 aromatic heterocycles. The van der Waals surface area contributed by atoms with Crippen LogP contribution in [0.3, 0.4) is 0 Å². The quantitative estimate of drug-likeness (QED) is 0.667. The van der Waals surface area contributed by atoms with E-state index in [9.17, 15) is 18.0 Å². The van der Waals surface area contributed by atoms with E-state index in [-0.39, 0.29) is 22.3 Å². The Balaban J connectivity index is 2.16. The molecule has 1 aromatic rings. The molecule has 0 unspecified atom stereocenters. The van der Waals surface area contributed by atoms with Crippen molar-refractivity contribution in [3.63, 3.8) is 0 Å². The summed E-state index contributed by atoms with van der Waals surface area (Å²) in [4.78, 5) is 23.9. The molecule has 0 saturated carbocycles. The average molecular weight is 398 g/mol. The Morgan fingerprint density at radius 1 is 1.26 bits per heavy atom. The minimum atomic E-state index is -3.77. The van der Waals surface area contributed by atoms with Crippen molar-refractivity contribution >= 4 is 21.9 Å². The van der Waals surface area contributed by atoms with Gasteiger partial charge in [-0.25, -0.2) is 13.2 Å². The summed E-state index contributed by atoms with van der Waals surface area (Å²) in [5.41, 5.74) is 0.0462. The molecular weight excluding hydrogens is 372 g/mol. The predicted molar refractivity (Wildman–Crippen MR) is 99.2 cm³/mol. The first-order valence-electron chi connectivity index (χ1n) is 8.94. The number of nitrogens with one attached hydrogen (secondary N) is 1. The van der Waals surface area contributed by atoms with Crippen molar-refractivity contribution < 1.29 is 27.5 Å². The molecule has 150 valence electrons.